The Hall–Kier alpha value is -1.36. The van der Waals surface area contributed by atoms with Gasteiger partial charge in [0.25, 0.3) is 0 Å². The topological polar surface area (TPSA) is 63.2 Å². The summed E-state index contributed by atoms with van der Waals surface area (Å²) < 4.78 is 23.1. The Morgan fingerprint density at radius 1 is 1.17 bits per heavy atom. The zero-order chi connectivity index (χ0) is 16.9. The molecule has 4 nitrogen and oxygen atoms in total. The van der Waals surface area contributed by atoms with Gasteiger partial charge in [0.2, 0.25) is 5.91 Å². The van der Waals surface area contributed by atoms with Crippen LogP contribution in [0.1, 0.15) is 51.2 Å². The van der Waals surface area contributed by atoms with Crippen molar-refractivity contribution in [2.24, 2.45) is 0 Å². The number of nitrogens with one attached hydrogen (secondary N) is 1. The summed E-state index contributed by atoms with van der Waals surface area (Å²) in [5, 5.41) is 2.96. The molecular weight excluding hydrogens is 310 g/mol. The Kier molecular flexibility index (Phi) is 3.82. The van der Waals surface area contributed by atoms with Gasteiger partial charge < -0.3 is 5.32 Å². The van der Waals surface area contributed by atoms with Gasteiger partial charge in [-0.25, -0.2) is 8.42 Å². The van der Waals surface area contributed by atoms with Crippen molar-refractivity contribution in [3.63, 3.8) is 0 Å². The predicted molar refractivity (Wildman–Crippen MR) is 91.3 cm³/mol. The number of hydrogen-bond acceptors (Lipinski definition) is 3. The molecule has 1 N–H and O–H groups in total. The van der Waals surface area contributed by atoms with Gasteiger partial charge in [0.15, 0.2) is 9.84 Å². The van der Waals surface area contributed by atoms with Crippen LogP contribution in [0.3, 0.4) is 0 Å². The first-order valence-electron chi connectivity index (χ1n) is 8.25. The standard InChI is InChI=1S/C18H25NO3S/c1-17(2,3)13-4-6-14(7-5-13)18(9-10-18)16(20)19-15-8-11-23(21,22)12-15/h4-7,15H,8-12H2,1-3H3,(H,19,20)/t15-/m1/s1. The van der Waals surface area contributed by atoms with Gasteiger partial charge in [-0.2, -0.15) is 0 Å². The Morgan fingerprint density at radius 2 is 1.78 bits per heavy atom. The van der Waals surface area contributed by atoms with E-state index in [0.29, 0.717) is 6.42 Å². The third kappa shape index (κ3) is 3.30. The molecule has 0 bridgehead atoms. The van der Waals surface area contributed by atoms with Crippen molar-refractivity contribution in [1.29, 1.82) is 0 Å². The van der Waals surface area contributed by atoms with Gasteiger partial charge in [0.1, 0.15) is 0 Å². The summed E-state index contributed by atoms with van der Waals surface area (Å²) in [7, 11) is -2.97. The van der Waals surface area contributed by atoms with E-state index in [-0.39, 0.29) is 28.9 Å². The summed E-state index contributed by atoms with van der Waals surface area (Å²) >= 11 is 0. The summed E-state index contributed by atoms with van der Waals surface area (Å²) in [5.41, 5.74) is 1.95. The monoisotopic (exact) mass is 335 g/mol. The number of amides is 1. The highest BCUT2D eigenvalue weighted by molar-refractivity contribution is 7.91. The van der Waals surface area contributed by atoms with Crippen LogP contribution in [0.4, 0.5) is 0 Å². The van der Waals surface area contributed by atoms with Gasteiger partial charge in [0.05, 0.1) is 16.9 Å². The number of hydrogen-bond donors (Lipinski definition) is 1. The second-order valence-electron chi connectivity index (χ2n) is 7.98. The summed E-state index contributed by atoms with van der Waals surface area (Å²) in [6.07, 6.45) is 2.22. The van der Waals surface area contributed by atoms with Crippen LogP contribution < -0.4 is 5.32 Å². The van der Waals surface area contributed by atoms with E-state index in [1.54, 1.807) is 0 Å². The van der Waals surface area contributed by atoms with Crippen molar-refractivity contribution in [3.05, 3.63) is 35.4 Å². The van der Waals surface area contributed by atoms with Crippen LogP contribution in [-0.2, 0) is 25.5 Å². The van der Waals surface area contributed by atoms with Gasteiger partial charge in [-0.05, 0) is 35.8 Å². The van der Waals surface area contributed by atoms with E-state index in [1.807, 2.05) is 0 Å². The Balaban J connectivity index is 1.73. The molecule has 2 aliphatic rings. The maximum Gasteiger partial charge on any atom is 0.230 e. The molecule has 0 aromatic heterocycles. The molecule has 1 saturated carbocycles. The zero-order valence-corrected chi connectivity index (χ0v) is 14.9. The van der Waals surface area contributed by atoms with Gasteiger partial charge in [-0.15, -0.1) is 0 Å². The molecule has 0 unspecified atom stereocenters. The van der Waals surface area contributed by atoms with Crippen molar-refractivity contribution in [1.82, 2.24) is 5.32 Å². The van der Waals surface area contributed by atoms with E-state index >= 15 is 0 Å². The predicted octanol–water partition coefficient (Wildman–Crippen LogP) is 2.32. The summed E-state index contributed by atoms with van der Waals surface area (Å²) in [5.74, 6) is 0.256. The fourth-order valence-corrected chi connectivity index (χ4v) is 4.97. The molecule has 2 fully saturated rings. The fourth-order valence-electron chi connectivity index (χ4n) is 3.29. The third-order valence-electron chi connectivity index (χ3n) is 5.06. The molecule has 3 rings (SSSR count). The van der Waals surface area contributed by atoms with Crippen molar-refractivity contribution in [3.8, 4) is 0 Å². The van der Waals surface area contributed by atoms with E-state index in [0.717, 1.165) is 18.4 Å². The van der Waals surface area contributed by atoms with E-state index in [9.17, 15) is 13.2 Å². The van der Waals surface area contributed by atoms with Crippen LogP contribution in [0.2, 0.25) is 0 Å². The lowest BCUT2D eigenvalue weighted by Crippen LogP contribution is -2.42. The SMILES string of the molecule is CC(C)(C)c1ccc(C2(C(=O)N[C@@H]3CCS(=O)(=O)C3)CC2)cc1. The van der Waals surface area contributed by atoms with Crippen LogP contribution in [-0.4, -0.2) is 31.9 Å². The fraction of sp³-hybridized carbons (Fsp3) is 0.611. The number of sulfone groups is 1. The van der Waals surface area contributed by atoms with Gasteiger partial charge in [-0.1, -0.05) is 45.0 Å². The summed E-state index contributed by atoms with van der Waals surface area (Å²) in [6, 6.07) is 8.08. The van der Waals surface area contributed by atoms with E-state index in [1.165, 1.54) is 5.56 Å². The molecule has 23 heavy (non-hydrogen) atoms. The molecule has 1 amide bonds. The van der Waals surface area contributed by atoms with E-state index in [4.69, 9.17) is 0 Å². The molecule has 5 heteroatoms. The lowest BCUT2D eigenvalue weighted by molar-refractivity contribution is -0.124. The highest BCUT2D eigenvalue weighted by Crippen LogP contribution is 2.48. The lowest BCUT2D eigenvalue weighted by atomic mass is 9.85. The highest BCUT2D eigenvalue weighted by atomic mass is 32.2. The molecule has 1 atom stereocenters. The normalized spacial score (nSPS) is 25.1. The minimum absolute atomic E-state index is 0.0110. The number of carbonyl (C=O) groups excluding carboxylic acids is 1. The molecule has 1 aromatic rings. The van der Waals surface area contributed by atoms with Crippen molar-refractivity contribution in [2.45, 2.75) is 56.9 Å². The molecule has 1 aliphatic carbocycles. The molecule has 1 heterocycles. The van der Waals surface area contributed by atoms with Crippen molar-refractivity contribution in [2.75, 3.05) is 11.5 Å². The van der Waals surface area contributed by atoms with Crippen LogP contribution >= 0.6 is 0 Å². The molecule has 0 radical (unpaired) electrons. The van der Waals surface area contributed by atoms with E-state index in [2.05, 4.69) is 50.4 Å². The minimum atomic E-state index is -2.97. The Labute approximate surface area is 138 Å². The third-order valence-corrected chi connectivity index (χ3v) is 6.82. The van der Waals surface area contributed by atoms with Crippen LogP contribution in [0.5, 0.6) is 0 Å². The highest BCUT2D eigenvalue weighted by Gasteiger charge is 2.52. The molecule has 1 aromatic carbocycles. The Morgan fingerprint density at radius 3 is 2.22 bits per heavy atom. The summed E-state index contributed by atoms with van der Waals surface area (Å²) in [6.45, 7) is 6.51. The van der Waals surface area contributed by atoms with Crippen LogP contribution in [0.25, 0.3) is 0 Å². The molecular formula is C18H25NO3S. The first kappa shape index (κ1) is 16.5. The first-order chi connectivity index (χ1) is 10.6. The minimum Gasteiger partial charge on any atom is -0.352 e. The van der Waals surface area contributed by atoms with E-state index < -0.39 is 15.3 Å². The molecule has 1 aliphatic heterocycles. The van der Waals surface area contributed by atoms with Crippen LogP contribution in [0.15, 0.2) is 24.3 Å². The quantitative estimate of drug-likeness (QED) is 0.922. The van der Waals surface area contributed by atoms with Crippen molar-refractivity contribution >= 4 is 15.7 Å². The maximum atomic E-state index is 12.7. The summed E-state index contributed by atoms with van der Waals surface area (Å²) in [4.78, 5) is 12.7. The molecule has 0 spiro atoms. The molecule has 1 saturated heterocycles. The lowest BCUT2D eigenvalue weighted by Gasteiger charge is -2.22. The smallest absolute Gasteiger partial charge is 0.230 e. The second-order valence-corrected chi connectivity index (χ2v) is 10.2. The largest absolute Gasteiger partial charge is 0.352 e. The maximum absolute atomic E-state index is 12.7. The van der Waals surface area contributed by atoms with Crippen molar-refractivity contribution < 1.29 is 13.2 Å². The number of rotatable bonds is 3. The van der Waals surface area contributed by atoms with Gasteiger partial charge >= 0.3 is 0 Å². The van der Waals surface area contributed by atoms with Gasteiger partial charge in [0, 0.05) is 6.04 Å². The van der Waals surface area contributed by atoms with Crippen LogP contribution in [0, 0.1) is 0 Å². The Bertz CT molecular complexity index is 710. The first-order valence-corrected chi connectivity index (χ1v) is 10.1. The number of benzene rings is 1. The molecule has 126 valence electrons. The average Bonchev–Trinajstić information content (AvgIpc) is 3.19. The average molecular weight is 335 g/mol. The van der Waals surface area contributed by atoms with Gasteiger partial charge in [-0.3, -0.25) is 4.79 Å². The number of carbonyl (C=O) groups is 1. The second kappa shape index (κ2) is 5.33. The zero-order valence-electron chi connectivity index (χ0n) is 14.1.